The number of hydrogen-bond acceptors (Lipinski definition) is 5. The molecule has 0 bridgehead atoms. The maximum Gasteiger partial charge on any atom is 0.263 e. The van der Waals surface area contributed by atoms with Crippen molar-refractivity contribution in [2.24, 2.45) is 10.9 Å². The summed E-state index contributed by atoms with van der Waals surface area (Å²) < 4.78 is 26.9. The maximum atomic E-state index is 12.5. The standard InChI is InChI=1S/C18H28N4O3S.ClH/c1-4-9-19-10-11-20-18(23)15(12-13(2)3)21-17-14-7-5-6-8-16(14)26(24,25)22-17;/h5-8,13,15,19H,4,9-12H2,1-3H3,(H,20,23)(H,21,22);1H. The second-order valence-electron chi connectivity index (χ2n) is 6.77. The van der Waals surface area contributed by atoms with E-state index in [2.05, 4.69) is 27.3 Å². The first-order valence-electron chi connectivity index (χ1n) is 9.03. The molecule has 1 amide bonds. The topological polar surface area (TPSA) is 99.7 Å². The van der Waals surface area contributed by atoms with Crippen LogP contribution in [0.1, 0.15) is 39.2 Å². The van der Waals surface area contributed by atoms with Gasteiger partial charge in [-0.25, -0.2) is 8.42 Å². The van der Waals surface area contributed by atoms with Crippen LogP contribution < -0.4 is 15.4 Å². The van der Waals surface area contributed by atoms with Gasteiger partial charge in [0.2, 0.25) is 5.91 Å². The van der Waals surface area contributed by atoms with Gasteiger partial charge in [0.05, 0.1) is 4.90 Å². The van der Waals surface area contributed by atoms with Crippen molar-refractivity contribution in [2.75, 3.05) is 19.6 Å². The molecule has 2 rings (SSSR count). The molecular weight excluding hydrogens is 388 g/mol. The van der Waals surface area contributed by atoms with Gasteiger partial charge >= 0.3 is 0 Å². The van der Waals surface area contributed by atoms with Gasteiger partial charge in [0.25, 0.3) is 10.0 Å². The summed E-state index contributed by atoms with van der Waals surface area (Å²) in [6.45, 7) is 8.22. The molecule has 3 N–H and O–H groups in total. The van der Waals surface area contributed by atoms with Crippen LogP contribution in [0.5, 0.6) is 0 Å². The van der Waals surface area contributed by atoms with E-state index >= 15 is 0 Å². The van der Waals surface area contributed by atoms with Crippen molar-refractivity contribution in [1.29, 1.82) is 0 Å². The second-order valence-corrected chi connectivity index (χ2v) is 8.42. The van der Waals surface area contributed by atoms with E-state index in [1.807, 2.05) is 13.8 Å². The number of aliphatic imine (C=N–C) groups is 1. The van der Waals surface area contributed by atoms with E-state index in [0.29, 0.717) is 25.1 Å². The van der Waals surface area contributed by atoms with E-state index < -0.39 is 16.1 Å². The number of amides is 1. The van der Waals surface area contributed by atoms with Crippen LogP contribution in [-0.2, 0) is 14.8 Å². The lowest BCUT2D eigenvalue weighted by Gasteiger charge is -2.16. The van der Waals surface area contributed by atoms with Crippen LogP contribution in [0.2, 0.25) is 0 Å². The molecule has 1 aliphatic rings. The van der Waals surface area contributed by atoms with Gasteiger partial charge in [-0.3, -0.25) is 14.5 Å². The van der Waals surface area contributed by atoms with Gasteiger partial charge in [-0.2, -0.15) is 0 Å². The molecule has 0 spiro atoms. The van der Waals surface area contributed by atoms with Crippen molar-refractivity contribution in [3.05, 3.63) is 29.8 Å². The lowest BCUT2D eigenvalue weighted by molar-refractivity contribution is -0.122. The summed E-state index contributed by atoms with van der Waals surface area (Å²) in [6.07, 6.45) is 1.58. The monoisotopic (exact) mass is 416 g/mol. The summed E-state index contributed by atoms with van der Waals surface area (Å²) in [4.78, 5) is 17.2. The van der Waals surface area contributed by atoms with Crippen LogP contribution in [0.3, 0.4) is 0 Å². The molecule has 0 fully saturated rings. The zero-order valence-corrected chi connectivity index (χ0v) is 17.6. The van der Waals surface area contributed by atoms with Gasteiger partial charge in [0.1, 0.15) is 11.9 Å². The number of nitrogens with zero attached hydrogens (tertiary/aromatic N) is 1. The third-order valence-corrected chi connectivity index (χ3v) is 5.37. The van der Waals surface area contributed by atoms with Gasteiger partial charge in [0.15, 0.2) is 0 Å². The lowest BCUT2D eigenvalue weighted by Crippen LogP contribution is -2.39. The summed E-state index contributed by atoms with van der Waals surface area (Å²) in [5.74, 6) is 0.306. The van der Waals surface area contributed by atoms with Crippen LogP contribution >= 0.6 is 12.4 Å². The van der Waals surface area contributed by atoms with E-state index in [4.69, 9.17) is 0 Å². The molecule has 1 aromatic carbocycles. The Bertz CT molecular complexity index is 766. The van der Waals surface area contributed by atoms with Crippen molar-refractivity contribution in [1.82, 2.24) is 15.4 Å². The average Bonchev–Trinajstić information content (AvgIpc) is 2.84. The molecule has 152 valence electrons. The third kappa shape index (κ3) is 6.48. The molecule has 0 saturated carbocycles. The SMILES string of the molecule is CCCNCCNC(=O)C(CC(C)C)N=C1NS(=O)(=O)c2ccccc21.Cl. The van der Waals surface area contributed by atoms with Crippen molar-refractivity contribution in [2.45, 2.75) is 44.6 Å². The Morgan fingerprint density at radius 3 is 2.56 bits per heavy atom. The number of halogens is 1. The Morgan fingerprint density at radius 2 is 1.89 bits per heavy atom. The number of carbonyl (C=O) groups excluding carboxylic acids is 1. The molecule has 0 aromatic heterocycles. The Labute approximate surface area is 167 Å². The fraction of sp³-hybridized carbons (Fsp3) is 0.556. The molecule has 1 atom stereocenters. The van der Waals surface area contributed by atoms with Crippen molar-refractivity contribution >= 4 is 34.2 Å². The number of benzene rings is 1. The van der Waals surface area contributed by atoms with Crippen LogP contribution in [0, 0.1) is 5.92 Å². The van der Waals surface area contributed by atoms with Gasteiger partial charge in [-0.15, -0.1) is 12.4 Å². The molecule has 27 heavy (non-hydrogen) atoms. The molecule has 0 aliphatic carbocycles. The average molecular weight is 417 g/mol. The van der Waals surface area contributed by atoms with E-state index in [1.54, 1.807) is 18.2 Å². The maximum absolute atomic E-state index is 12.5. The molecule has 1 heterocycles. The van der Waals surface area contributed by atoms with Crippen LogP contribution in [0.25, 0.3) is 0 Å². The molecule has 9 heteroatoms. The number of fused-ring (bicyclic) bond motifs is 1. The largest absolute Gasteiger partial charge is 0.353 e. The first-order valence-corrected chi connectivity index (χ1v) is 10.5. The summed E-state index contributed by atoms with van der Waals surface area (Å²) in [5, 5.41) is 6.10. The number of amidine groups is 1. The summed E-state index contributed by atoms with van der Waals surface area (Å²) in [6, 6.07) is 6.03. The Balaban J connectivity index is 0.00000364. The Morgan fingerprint density at radius 1 is 1.19 bits per heavy atom. The van der Waals surface area contributed by atoms with E-state index in [9.17, 15) is 13.2 Å². The first kappa shape index (κ1) is 23.4. The molecule has 1 aromatic rings. The number of carbonyl (C=O) groups is 1. The van der Waals surface area contributed by atoms with Gasteiger partial charge in [-0.05, 0) is 37.4 Å². The molecule has 1 unspecified atom stereocenters. The van der Waals surface area contributed by atoms with E-state index in [-0.39, 0.29) is 35.0 Å². The quantitative estimate of drug-likeness (QED) is 0.533. The highest BCUT2D eigenvalue weighted by atomic mass is 35.5. The predicted octanol–water partition coefficient (Wildman–Crippen LogP) is 1.68. The summed E-state index contributed by atoms with van der Waals surface area (Å²) >= 11 is 0. The number of rotatable bonds is 9. The summed E-state index contributed by atoms with van der Waals surface area (Å²) in [7, 11) is -3.60. The van der Waals surface area contributed by atoms with Gasteiger partial charge in [-0.1, -0.05) is 32.9 Å². The minimum atomic E-state index is -3.60. The second kappa shape index (κ2) is 10.6. The predicted molar refractivity (Wildman–Crippen MR) is 110 cm³/mol. The van der Waals surface area contributed by atoms with Gasteiger partial charge in [0, 0.05) is 18.7 Å². The van der Waals surface area contributed by atoms with Crippen LogP contribution in [0.4, 0.5) is 0 Å². The molecule has 0 radical (unpaired) electrons. The highest BCUT2D eigenvalue weighted by Gasteiger charge is 2.31. The highest BCUT2D eigenvalue weighted by molar-refractivity contribution is 7.90. The Hall–Kier alpha value is -1.64. The third-order valence-electron chi connectivity index (χ3n) is 3.97. The minimum Gasteiger partial charge on any atom is -0.353 e. The van der Waals surface area contributed by atoms with Crippen molar-refractivity contribution in [3.63, 3.8) is 0 Å². The molecular formula is C18H29ClN4O3S. The fourth-order valence-corrected chi connectivity index (χ4v) is 3.98. The highest BCUT2D eigenvalue weighted by Crippen LogP contribution is 2.23. The van der Waals surface area contributed by atoms with Crippen molar-refractivity contribution in [3.8, 4) is 0 Å². The zero-order chi connectivity index (χ0) is 19.2. The first-order chi connectivity index (χ1) is 12.3. The minimum absolute atomic E-state index is 0. The zero-order valence-electron chi connectivity index (χ0n) is 16.0. The Kier molecular flexibility index (Phi) is 9.21. The van der Waals surface area contributed by atoms with Crippen LogP contribution in [0.15, 0.2) is 34.2 Å². The number of nitrogens with one attached hydrogen (secondary N) is 3. The van der Waals surface area contributed by atoms with Crippen LogP contribution in [-0.4, -0.2) is 45.8 Å². The van der Waals surface area contributed by atoms with Crippen molar-refractivity contribution < 1.29 is 13.2 Å². The molecule has 7 nitrogen and oxygen atoms in total. The smallest absolute Gasteiger partial charge is 0.263 e. The van der Waals surface area contributed by atoms with Gasteiger partial charge < -0.3 is 10.6 Å². The number of sulfonamides is 1. The van der Waals surface area contributed by atoms with E-state index in [1.165, 1.54) is 6.07 Å². The lowest BCUT2D eigenvalue weighted by atomic mass is 10.0. The fourth-order valence-electron chi connectivity index (χ4n) is 2.74. The molecule has 0 saturated heterocycles. The molecule has 1 aliphatic heterocycles. The van der Waals surface area contributed by atoms with E-state index in [0.717, 1.165) is 13.0 Å². The normalized spacial score (nSPS) is 17.1. The summed E-state index contributed by atoms with van der Waals surface area (Å²) in [5.41, 5.74) is 0.513. The number of hydrogen-bond donors (Lipinski definition) is 3.